The first kappa shape index (κ1) is 24.0. The number of amides is 1. The summed E-state index contributed by atoms with van der Waals surface area (Å²) in [4.78, 5) is 16.9. The van der Waals surface area contributed by atoms with Crippen LogP contribution in [-0.2, 0) is 0 Å². The summed E-state index contributed by atoms with van der Waals surface area (Å²) in [5.41, 5.74) is 7.59. The SMILES string of the molecule is CC(N)CCNC(=O)c1ccc(N2CCN(C(C)C)CC2)cc1.Cl.Cl. The molecule has 1 aliphatic rings. The third-order valence-corrected chi connectivity index (χ3v) is 4.42. The molecule has 1 saturated heterocycles. The normalized spacial score (nSPS) is 16.0. The van der Waals surface area contributed by atoms with E-state index in [-0.39, 0.29) is 36.8 Å². The van der Waals surface area contributed by atoms with E-state index in [2.05, 4.69) is 29.0 Å². The van der Waals surface area contributed by atoms with Crippen LogP contribution in [0.3, 0.4) is 0 Å². The van der Waals surface area contributed by atoms with Crippen molar-refractivity contribution in [1.82, 2.24) is 10.2 Å². The first-order valence-corrected chi connectivity index (χ1v) is 8.60. The summed E-state index contributed by atoms with van der Waals surface area (Å²) in [5.74, 6) is -0.0261. The Morgan fingerprint density at radius 2 is 1.64 bits per heavy atom. The minimum absolute atomic E-state index is 0. The standard InChI is InChI=1S/C18H30N4O.2ClH/c1-14(2)21-10-12-22(13-11-21)17-6-4-16(5-7-17)18(23)20-9-8-15(3)19;;/h4-7,14-15H,8-13,19H2,1-3H3,(H,20,23);2*1H. The number of hydrogen-bond acceptors (Lipinski definition) is 4. The van der Waals surface area contributed by atoms with Gasteiger partial charge < -0.3 is 16.0 Å². The third-order valence-electron chi connectivity index (χ3n) is 4.42. The third kappa shape index (κ3) is 7.40. The molecule has 0 aromatic heterocycles. The highest BCUT2D eigenvalue weighted by atomic mass is 35.5. The van der Waals surface area contributed by atoms with Gasteiger partial charge in [-0.05, 0) is 51.5 Å². The molecule has 5 nitrogen and oxygen atoms in total. The highest BCUT2D eigenvalue weighted by molar-refractivity contribution is 5.94. The molecule has 25 heavy (non-hydrogen) atoms. The number of piperazine rings is 1. The topological polar surface area (TPSA) is 61.6 Å². The summed E-state index contributed by atoms with van der Waals surface area (Å²) in [7, 11) is 0. The van der Waals surface area contributed by atoms with Gasteiger partial charge in [-0.25, -0.2) is 0 Å². The van der Waals surface area contributed by atoms with E-state index in [0.717, 1.165) is 32.6 Å². The molecule has 1 aromatic rings. The van der Waals surface area contributed by atoms with Gasteiger partial charge in [0.1, 0.15) is 0 Å². The minimum Gasteiger partial charge on any atom is -0.369 e. The van der Waals surface area contributed by atoms with Crippen LogP contribution in [0.5, 0.6) is 0 Å². The van der Waals surface area contributed by atoms with Crippen molar-refractivity contribution in [2.24, 2.45) is 5.73 Å². The van der Waals surface area contributed by atoms with Crippen molar-refractivity contribution in [3.8, 4) is 0 Å². The molecule has 144 valence electrons. The monoisotopic (exact) mass is 390 g/mol. The number of nitrogens with one attached hydrogen (secondary N) is 1. The molecular formula is C18H32Cl2N4O. The predicted octanol–water partition coefficient (Wildman–Crippen LogP) is 2.53. The number of nitrogens with zero attached hydrogens (tertiary/aromatic N) is 2. The number of halogens is 2. The van der Waals surface area contributed by atoms with Crippen molar-refractivity contribution in [3.05, 3.63) is 29.8 Å². The summed E-state index contributed by atoms with van der Waals surface area (Å²) in [5, 5.41) is 2.91. The van der Waals surface area contributed by atoms with Crippen LogP contribution in [-0.4, -0.2) is 55.6 Å². The fraction of sp³-hybridized carbons (Fsp3) is 0.611. The average molecular weight is 391 g/mol. The van der Waals surface area contributed by atoms with E-state index in [1.54, 1.807) is 0 Å². The smallest absolute Gasteiger partial charge is 0.251 e. The van der Waals surface area contributed by atoms with Crippen molar-refractivity contribution in [2.75, 3.05) is 37.6 Å². The van der Waals surface area contributed by atoms with E-state index in [4.69, 9.17) is 5.73 Å². The van der Waals surface area contributed by atoms with Gasteiger partial charge in [-0.1, -0.05) is 0 Å². The largest absolute Gasteiger partial charge is 0.369 e. The second-order valence-electron chi connectivity index (χ2n) is 6.69. The Hall–Kier alpha value is -1.01. The van der Waals surface area contributed by atoms with Gasteiger partial charge in [-0.3, -0.25) is 9.69 Å². The van der Waals surface area contributed by atoms with Crippen molar-refractivity contribution < 1.29 is 4.79 Å². The zero-order valence-corrected chi connectivity index (χ0v) is 17.0. The Morgan fingerprint density at radius 1 is 1.08 bits per heavy atom. The highest BCUT2D eigenvalue weighted by Gasteiger charge is 2.19. The maximum Gasteiger partial charge on any atom is 0.251 e. The molecular weight excluding hydrogens is 359 g/mol. The van der Waals surface area contributed by atoms with E-state index < -0.39 is 0 Å². The Labute approximate surface area is 164 Å². The quantitative estimate of drug-likeness (QED) is 0.783. The molecule has 7 heteroatoms. The van der Waals surface area contributed by atoms with E-state index in [1.807, 2.05) is 31.2 Å². The lowest BCUT2D eigenvalue weighted by Gasteiger charge is -2.38. The summed E-state index contributed by atoms with van der Waals surface area (Å²) in [6.45, 7) is 11.3. The molecule has 1 aliphatic heterocycles. The maximum atomic E-state index is 12.1. The zero-order chi connectivity index (χ0) is 16.8. The summed E-state index contributed by atoms with van der Waals surface area (Å²) in [6, 6.07) is 8.63. The predicted molar refractivity (Wildman–Crippen MR) is 110 cm³/mol. The van der Waals surface area contributed by atoms with E-state index in [1.165, 1.54) is 5.69 Å². The Morgan fingerprint density at radius 3 is 2.12 bits per heavy atom. The van der Waals surface area contributed by atoms with Gasteiger partial charge in [0.25, 0.3) is 5.91 Å². The van der Waals surface area contributed by atoms with Crippen LogP contribution in [0, 0.1) is 0 Å². The molecule has 1 heterocycles. The number of anilines is 1. The van der Waals surface area contributed by atoms with Gasteiger partial charge in [0, 0.05) is 56.1 Å². The van der Waals surface area contributed by atoms with Crippen LogP contribution in [0.25, 0.3) is 0 Å². The van der Waals surface area contributed by atoms with Crippen LogP contribution in [0.1, 0.15) is 37.6 Å². The molecule has 1 unspecified atom stereocenters. The van der Waals surface area contributed by atoms with Crippen LogP contribution < -0.4 is 16.0 Å². The Balaban J connectivity index is 0.00000288. The zero-order valence-electron chi connectivity index (χ0n) is 15.4. The fourth-order valence-electron chi connectivity index (χ4n) is 2.84. The van der Waals surface area contributed by atoms with Gasteiger partial charge >= 0.3 is 0 Å². The van der Waals surface area contributed by atoms with Crippen molar-refractivity contribution in [2.45, 2.75) is 39.3 Å². The number of nitrogens with two attached hydrogens (primary N) is 1. The number of benzene rings is 1. The van der Waals surface area contributed by atoms with E-state index >= 15 is 0 Å². The van der Waals surface area contributed by atoms with E-state index in [9.17, 15) is 4.79 Å². The van der Waals surface area contributed by atoms with Gasteiger partial charge in [0.15, 0.2) is 0 Å². The Kier molecular flexibility index (Phi) is 11.1. The lowest BCUT2D eigenvalue weighted by Crippen LogP contribution is -2.48. The highest BCUT2D eigenvalue weighted by Crippen LogP contribution is 2.18. The minimum atomic E-state index is -0.0261. The number of carbonyl (C=O) groups is 1. The van der Waals surface area contributed by atoms with Crippen LogP contribution in [0.4, 0.5) is 5.69 Å². The van der Waals surface area contributed by atoms with Crippen LogP contribution >= 0.6 is 24.8 Å². The first-order valence-electron chi connectivity index (χ1n) is 8.60. The van der Waals surface area contributed by atoms with Crippen LogP contribution in [0.2, 0.25) is 0 Å². The van der Waals surface area contributed by atoms with E-state index in [0.29, 0.717) is 18.2 Å². The second kappa shape index (κ2) is 11.6. The average Bonchev–Trinajstić information content (AvgIpc) is 2.54. The lowest BCUT2D eigenvalue weighted by molar-refractivity contribution is 0.0953. The van der Waals surface area contributed by atoms with Gasteiger partial charge in [-0.2, -0.15) is 0 Å². The Bertz CT molecular complexity index is 500. The van der Waals surface area contributed by atoms with Crippen molar-refractivity contribution >= 4 is 36.4 Å². The van der Waals surface area contributed by atoms with Crippen molar-refractivity contribution in [1.29, 1.82) is 0 Å². The maximum absolute atomic E-state index is 12.1. The molecule has 0 bridgehead atoms. The fourth-order valence-corrected chi connectivity index (χ4v) is 2.84. The second-order valence-corrected chi connectivity index (χ2v) is 6.69. The molecule has 0 radical (unpaired) electrons. The first-order chi connectivity index (χ1) is 11.0. The van der Waals surface area contributed by atoms with Gasteiger partial charge in [0.05, 0.1) is 0 Å². The summed E-state index contributed by atoms with van der Waals surface area (Å²) < 4.78 is 0. The summed E-state index contributed by atoms with van der Waals surface area (Å²) in [6.07, 6.45) is 0.796. The number of hydrogen-bond donors (Lipinski definition) is 2. The van der Waals surface area contributed by atoms with Crippen molar-refractivity contribution in [3.63, 3.8) is 0 Å². The molecule has 0 saturated carbocycles. The molecule has 1 atom stereocenters. The van der Waals surface area contributed by atoms with Crippen LogP contribution in [0.15, 0.2) is 24.3 Å². The number of rotatable bonds is 6. The molecule has 1 fully saturated rings. The summed E-state index contributed by atoms with van der Waals surface area (Å²) >= 11 is 0. The molecule has 1 aromatic carbocycles. The number of carbonyl (C=O) groups excluding carboxylic acids is 1. The lowest BCUT2D eigenvalue weighted by atomic mass is 10.1. The van der Waals surface area contributed by atoms with Gasteiger partial charge in [0.2, 0.25) is 0 Å². The molecule has 0 aliphatic carbocycles. The molecule has 1 amide bonds. The molecule has 2 rings (SSSR count). The molecule has 0 spiro atoms. The van der Waals surface area contributed by atoms with Gasteiger partial charge in [-0.15, -0.1) is 24.8 Å². The molecule has 3 N–H and O–H groups in total.